The number of rotatable bonds is 7. The number of nitrogens with one attached hydrogen (secondary N) is 1. The Balaban J connectivity index is 2.00. The van der Waals surface area contributed by atoms with Crippen LogP contribution in [0.5, 0.6) is 0 Å². The van der Waals surface area contributed by atoms with Crippen molar-refractivity contribution in [3.8, 4) is 0 Å². The number of halogens is 3. The molecule has 0 atom stereocenters. The van der Waals surface area contributed by atoms with E-state index in [1.807, 2.05) is 6.92 Å². The monoisotopic (exact) mass is 362 g/mol. The van der Waals surface area contributed by atoms with Crippen LogP contribution in [0.15, 0.2) is 35.4 Å². The van der Waals surface area contributed by atoms with Crippen LogP contribution in [-0.2, 0) is 14.8 Å². The van der Waals surface area contributed by atoms with E-state index >= 15 is 0 Å². The first-order valence-electron chi connectivity index (χ1n) is 7.19. The number of alkyl halides is 3. The maximum atomic E-state index is 12.4. The first-order valence-corrected chi connectivity index (χ1v) is 8.67. The number of ether oxygens (including phenoxy) is 1. The van der Waals surface area contributed by atoms with E-state index in [4.69, 9.17) is 0 Å². The minimum Gasteiger partial charge on any atom is -0.372 e. The highest BCUT2D eigenvalue weighted by Gasteiger charge is 2.27. The molecule has 0 fully saturated rings. The van der Waals surface area contributed by atoms with Crippen molar-refractivity contribution < 1.29 is 26.3 Å². The van der Waals surface area contributed by atoms with E-state index in [-0.39, 0.29) is 24.5 Å². The zero-order chi connectivity index (χ0) is 17.8. The second-order valence-electron chi connectivity index (χ2n) is 5.20. The van der Waals surface area contributed by atoms with Crippen molar-refractivity contribution in [2.45, 2.75) is 24.4 Å². The molecule has 24 heavy (non-hydrogen) atoms. The number of pyridine rings is 1. The summed E-state index contributed by atoms with van der Waals surface area (Å²) < 4.78 is 67.3. The summed E-state index contributed by atoms with van der Waals surface area (Å²) in [7, 11) is -3.79. The van der Waals surface area contributed by atoms with Gasteiger partial charge in [-0.3, -0.25) is 4.98 Å². The molecule has 1 heterocycles. The zero-order valence-corrected chi connectivity index (χ0v) is 13.7. The SMILES string of the molecule is Cc1ccc(S(=O)(=O)NCCCOCC(F)(F)F)c2cccnc12. The summed E-state index contributed by atoms with van der Waals surface area (Å²) in [5, 5.41) is 0.498. The molecule has 1 N–H and O–H groups in total. The number of aryl methyl sites for hydroxylation is 1. The molecule has 0 aliphatic heterocycles. The molecule has 9 heteroatoms. The van der Waals surface area contributed by atoms with Crippen molar-refractivity contribution in [1.29, 1.82) is 0 Å². The fourth-order valence-corrected chi connectivity index (χ4v) is 3.44. The van der Waals surface area contributed by atoms with Crippen LogP contribution in [0.1, 0.15) is 12.0 Å². The maximum absolute atomic E-state index is 12.4. The molecule has 0 amide bonds. The minimum absolute atomic E-state index is 0.0180. The van der Waals surface area contributed by atoms with Gasteiger partial charge in [-0.25, -0.2) is 13.1 Å². The van der Waals surface area contributed by atoms with Crippen LogP contribution in [0, 0.1) is 6.92 Å². The van der Waals surface area contributed by atoms with Crippen LogP contribution in [0.4, 0.5) is 13.2 Å². The van der Waals surface area contributed by atoms with Gasteiger partial charge >= 0.3 is 6.18 Å². The molecule has 0 unspecified atom stereocenters. The van der Waals surface area contributed by atoms with E-state index in [0.717, 1.165) is 5.56 Å². The molecule has 0 aliphatic rings. The second-order valence-corrected chi connectivity index (χ2v) is 6.93. The van der Waals surface area contributed by atoms with E-state index in [1.54, 1.807) is 24.4 Å². The smallest absolute Gasteiger partial charge is 0.372 e. The van der Waals surface area contributed by atoms with Gasteiger partial charge in [0.2, 0.25) is 10.0 Å². The highest BCUT2D eigenvalue weighted by Crippen LogP contribution is 2.24. The Hall–Kier alpha value is -1.71. The molecule has 2 aromatic rings. The summed E-state index contributed by atoms with van der Waals surface area (Å²) in [6.45, 7) is 0.291. The zero-order valence-electron chi connectivity index (χ0n) is 12.9. The first kappa shape index (κ1) is 18.6. The summed E-state index contributed by atoms with van der Waals surface area (Å²) in [5.41, 5.74) is 1.44. The van der Waals surface area contributed by atoms with Gasteiger partial charge in [-0.2, -0.15) is 13.2 Å². The van der Waals surface area contributed by atoms with Crippen LogP contribution >= 0.6 is 0 Å². The second kappa shape index (κ2) is 7.45. The van der Waals surface area contributed by atoms with Gasteiger partial charge in [-0.1, -0.05) is 6.07 Å². The lowest BCUT2D eigenvalue weighted by molar-refractivity contribution is -0.173. The molecular formula is C15H17F3N2O3S. The Labute approximate surface area is 137 Å². The molecule has 0 bridgehead atoms. The molecule has 132 valence electrons. The number of benzene rings is 1. The van der Waals surface area contributed by atoms with Crippen LogP contribution in [0.25, 0.3) is 10.9 Å². The van der Waals surface area contributed by atoms with Crippen LogP contribution in [-0.4, -0.2) is 39.3 Å². The van der Waals surface area contributed by atoms with Crippen molar-refractivity contribution in [2.75, 3.05) is 19.8 Å². The van der Waals surface area contributed by atoms with Gasteiger partial charge in [0.1, 0.15) is 6.61 Å². The summed E-state index contributed by atoms with van der Waals surface area (Å²) in [5.74, 6) is 0. The maximum Gasteiger partial charge on any atom is 0.411 e. The predicted molar refractivity (Wildman–Crippen MR) is 83.2 cm³/mol. The lowest BCUT2D eigenvalue weighted by Crippen LogP contribution is -2.26. The highest BCUT2D eigenvalue weighted by atomic mass is 32.2. The number of hydrogen-bond donors (Lipinski definition) is 1. The molecule has 0 spiro atoms. The quantitative estimate of drug-likeness (QED) is 0.769. The Bertz CT molecular complexity index is 807. The van der Waals surface area contributed by atoms with Crippen molar-refractivity contribution in [1.82, 2.24) is 9.71 Å². The third-order valence-electron chi connectivity index (χ3n) is 3.24. The first-order chi connectivity index (χ1) is 11.2. The predicted octanol–water partition coefficient (Wildman–Crippen LogP) is 2.79. The average Bonchev–Trinajstić information content (AvgIpc) is 2.50. The average molecular weight is 362 g/mol. The van der Waals surface area contributed by atoms with Crippen LogP contribution in [0.3, 0.4) is 0 Å². The third kappa shape index (κ3) is 4.89. The number of sulfonamides is 1. The lowest BCUT2D eigenvalue weighted by Gasteiger charge is -2.11. The number of hydrogen-bond acceptors (Lipinski definition) is 4. The van der Waals surface area contributed by atoms with E-state index in [0.29, 0.717) is 10.9 Å². The van der Waals surface area contributed by atoms with Crippen molar-refractivity contribution in [2.24, 2.45) is 0 Å². The van der Waals surface area contributed by atoms with Crippen molar-refractivity contribution >= 4 is 20.9 Å². The molecular weight excluding hydrogens is 345 g/mol. The van der Waals surface area contributed by atoms with Gasteiger partial charge < -0.3 is 4.74 Å². The van der Waals surface area contributed by atoms with Crippen molar-refractivity contribution in [3.63, 3.8) is 0 Å². The largest absolute Gasteiger partial charge is 0.411 e. The number of aromatic nitrogens is 1. The standard InChI is InChI=1S/C15H17F3N2O3S/c1-11-5-6-13(12-4-2-7-19-14(11)12)24(21,22)20-8-3-9-23-10-15(16,17)18/h2,4-7,20H,3,8-10H2,1H3. The molecule has 0 radical (unpaired) electrons. The molecule has 0 aliphatic carbocycles. The lowest BCUT2D eigenvalue weighted by atomic mass is 10.1. The Kier molecular flexibility index (Phi) is 5.79. The van der Waals surface area contributed by atoms with Gasteiger partial charge in [-0.05, 0) is 37.1 Å². The molecule has 1 aromatic carbocycles. The van der Waals surface area contributed by atoms with Gasteiger partial charge in [0.15, 0.2) is 0 Å². The Morgan fingerprint density at radius 3 is 2.71 bits per heavy atom. The molecule has 1 aromatic heterocycles. The topological polar surface area (TPSA) is 68.3 Å². The summed E-state index contributed by atoms with van der Waals surface area (Å²) >= 11 is 0. The van der Waals surface area contributed by atoms with E-state index < -0.39 is 22.8 Å². The normalized spacial score (nSPS) is 12.7. The molecule has 0 saturated carbocycles. The van der Waals surface area contributed by atoms with E-state index in [2.05, 4.69) is 14.4 Å². The molecule has 5 nitrogen and oxygen atoms in total. The van der Waals surface area contributed by atoms with Crippen LogP contribution < -0.4 is 4.72 Å². The van der Waals surface area contributed by atoms with Crippen LogP contribution in [0.2, 0.25) is 0 Å². The Morgan fingerprint density at radius 2 is 2.00 bits per heavy atom. The van der Waals surface area contributed by atoms with E-state index in [1.165, 1.54) is 6.07 Å². The third-order valence-corrected chi connectivity index (χ3v) is 4.76. The Morgan fingerprint density at radius 1 is 1.25 bits per heavy atom. The number of fused-ring (bicyclic) bond motifs is 1. The summed E-state index contributed by atoms with van der Waals surface area (Å²) in [6, 6.07) is 6.46. The van der Waals surface area contributed by atoms with Gasteiger partial charge in [0, 0.05) is 24.7 Å². The van der Waals surface area contributed by atoms with Gasteiger partial charge in [0.25, 0.3) is 0 Å². The van der Waals surface area contributed by atoms with Crippen molar-refractivity contribution in [3.05, 3.63) is 36.0 Å². The summed E-state index contributed by atoms with van der Waals surface area (Å²) in [6.07, 6.45) is -2.66. The minimum atomic E-state index is -4.38. The van der Waals surface area contributed by atoms with E-state index in [9.17, 15) is 21.6 Å². The fraction of sp³-hybridized carbons (Fsp3) is 0.400. The van der Waals surface area contributed by atoms with Gasteiger partial charge in [-0.15, -0.1) is 0 Å². The molecule has 0 saturated heterocycles. The molecule has 2 rings (SSSR count). The van der Waals surface area contributed by atoms with Gasteiger partial charge in [0.05, 0.1) is 10.4 Å². The fourth-order valence-electron chi connectivity index (χ4n) is 2.17. The number of nitrogens with zero attached hydrogens (tertiary/aromatic N) is 1. The summed E-state index contributed by atoms with van der Waals surface area (Å²) in [4.78, 5) is 4.27. The highest BCUT2D eigenvalue weighted by molar-refractivity contribution is 7.89.